The van der Waals surface area contributed by atoms with E-state index in [0.29, 0.717) is 17.1 Å². The Morgan fingerprint density at radius 3 is 2.91 bits per heavy atom. The lowest BCUT2D eigenvalue weighted by atomic mass is 10.2. The van der Waals surface area contributed by atoms with Gasteiger partial charge in [-0.05, 0) is 24.3 Å². The van der Waals surface area contributed by atoms with E-state index in [4.69, 9.17) is 4.74 Å². The van der Waals surface area contributed by atoms with Crippen LogP contribution in [0.1, 0.15) is 5.69 Å². The zero-order chi connectivity index (χ0) is 15.6. The van der Waals surface area contributed by atoms with Gasteiger partial charge in [-0.25, -0.2) is 13.1 Å². The quantitative estimate of drug-likeness (QED) is 0.872. The molecule has 1 aromatic carbocycles. The van der Waals surface area contributed by atoms with Gasteiger partial charge >= 0.3 is 0 Å². The van der Waals surface area contributed by atoms with E-state index in [9.17, 15) is 13.2 Å². The van der Waals surface area contributed by atoms with Crippen molar-refractivity contribution >= 4 is 21.6 Å². The molecule has 8 heteroatoms. The summed E-state index contributed by atoms with van der Waals surface area (Å²) in [6, 6.07) is 9.57. The Kier molecular flexibility index (Phi) is 3.78. The third-order valence-corrected chi connectivity index (χ3v) is 4.46. The highest BCUT2D eigenvalue weighted by Crippen LogP contribution is 2.30. The Hall–Kier alpha value is -2.45. The van der Waals surface area contributed by atoms with Crippen LogP contribution in [-0.2, 0) is 21.4 Å². The van der Waals surface area contributed by atoms with Crippen LogP contribution in [0, 0.1) is 0 Å². The van der Waals surface area contributed by atoms with Crippen LogP contribution in [0.3, 0.4) is 0 Å². The number of nitrogens with zero attached hydrogens (tertiary/aromatic N) is 1. The second-order valence-corrected chi connectivity index (χ2v) is 6.41. The molecule has 22 heavy (non-hydrogen) atoms. The van der Waals surface area contributed by atoms with E-state index in [1.165, 1.54) is 18.2 Å². The number of amides is 1. The maximum atomic E-state index is 12.3. The van der Waals surface area contributed by atoms with E-state index in [-0.39, 0.29) is 24.0 Å². The summed E-state index contributed by atoms with van der Waals surface area (Å²) in [4.78, 5) is 15.3. The fraction of sp³-hybridized carbons (Fsp3) is 0.143. The Labute approximate surface area is 127 Å². The van der Waals surface area contributed by atoms with E-state index < -0.39 is 10.0 Å². The molecule has 0 aliphatic carbocycles. The van der Waals surface area contributed by atoms with Gasteiger partial charge in [-0.15, -0.1) is 0 Å². The lowest BCUT2D eigenvalue weighted by molar-refractivity contribution is -0.118. The minimum Gasteiger partial charge on any atom is -0.482 e. The van der Waals surface area contributed by atoms with Crippen molar-refractivity contribution in [1.29, 1.82) is 0 Å². The maximum absolute atomic E-state index is 12.3. The molecule has 0 spiro atoms. The van der Waals surface area contributed by atoms with Gasteiger partial charge in [-0.2, -0.15) is 0 Å². The topological polar surface area (TPSA) is 97.4 Å². The summed E-state index contributed by atoms with van der Waals surface area (Å²) in [6.07, 6.45) is 1.60. The van der Waals surface area contributed by atoms with Gasteiger partial charge in [0.1, 0.15) is 5.75 Å². The molecule has 0 bridgehead atoms. The van der Waals surface area contributed by atoms with E-state index in [1.807, 2.05) is 0 Å². The Balaban J connectivity index is 1.79. The van der Waals surface area contributed by atoms with Crippen molar-refractivity contribution in [3.05, 3.63) is 48.3 Å². The molecule has 2 N–H and O–H groups in total. The molecule has 0 unspecified atom stereocenters. The smallest absolute Gasteiger partial charge is 0.262 e. The minimum absolute atomic E-state index is 0.0679. The fourth-order valence-corrected chi connectivity index (χ4v) is 2.99. The summed E-state index contributed by atoms with van der Waals surface area (Å²) in [7, 11) is -3.69. The highest BCUT2D eigenvalue weighted by atomic mass is 32.2. The number of benzene rings is 1. The first-order valence-electron chi connectivity index (χ1n) is 6.51. The average molecular weight is 319 g/mol. The van der Waals surface area contributed by atoms with Gasteiger partial charge in [0, 0.05) is 12.3 Å². The van der Waals surface area contributed by atoms with Crippen molar-refractivity contribution in [3.8, 4) is 5.75 Å². The van der Waals surface area contributed by atoms with Crippen molar-refractivity contribution in [2.75, 3.05) is 11.9 Å². The number of ether oxygens (including phenoxy) is 1. The molecule has 0 radical (unpaired) electrons. The molecule has 114 valence electrons. The molecule has 3 rings (SSSR count). The number of rotatable bonds is 4. The van der Waals surface area contributed by atoms with E-state index in [2.05, 4.69) is 15.0 Å². The first kappa shape index (κ1) is 14.5. The summed E-state index contributed by atoms with van der Waals surface area (Å²) in [6.45, 7) is -0.0320. The number of hydrogen-bond donors (Lipinski definition) is 2. The first-order chi connectivity index (χ1) is 10.5. The summed E-state index contributed by atoms with van der Waals surface area (Å²) in [5, 5.41) is 2.61. The highest BCUT2D eigenvalue weighted by Gasteiger charge is 2.20. The fourth-order valence-electron chi connectivity index (χ4n) is 1.98. The largest absolute Gasteiger partial charge is 0.482 e. The van der Waals surface area contributed by atoms with Gasteiger partial charge in [-0.1, -0.05) is 6.07 Å². The molecular formula is C14H13N3O4S. The Morgan fingerprint density at radius 1 is 1.27 bits per heavy atom. The number of anilines is 1. The Bertz CT molecular complexity index is 806. The zero-order valence-electron chi connectivity index (χ0n) is 11.4. The van der Waals surface area contributed by atoms with Crippen molar-refractivity contribution < 1.29 is 17.9 Å². The van der Waals surface area contributed by atoms with Crippen LogP contribution in [0.15, 0.2) is 47.5 Å². The Morgan fingerprint density at radius 2 is 2.14 bits per heavy atom. The van der Waals surface area contributed by atoms with E-state index in [0.717, 1.165) is 0 Å². The number of carbonyl (C=O) groups excluding carboxylic acids is 1. The lowest BCUT2D eigenvalue weighted by Gasteiger charge is -2.18. The predicted octanol–water partition coefficient (Wildman–Crippen LogP) is 0.891. The van der Waals surface area contributed by atoms with Gasteiger partial charge in [0.05, 0.1) is 22.8 Å². The number of fused-ring (bicyclic) bond motifs is 1. The van der Waals surface area contributed by atoms with Crippen molar-refractivity contribution in [1.82, 2.24) is 9.71 Å². The molecule has 1 aliphatic heterocycles. The van der Waals surface area contributed by atoms with E-state index in [1.54, 1.807) is 24.4 Å². The van der Waals surface area contributed by atoms with Gasteiger partial charge in [0.15, 0.2) is 6.61 Å². The number of pyridine rings is 1. The van der Waals surface area contributed by atoms with Crippen molar-refractivity contribution in [3.63, 3.8) is 0 Å². The number of carbonyl (C=O) groups is 1. The van der Waals surface area contributed by atoms with Crippen molar-refractivity contribution in [2.45, 2.75) is 11.4 Å². The molecule has 0 saturated carbocycles. The highest BCUT2D eigenvalue weighted by molar-refractivity contribution is 7.89. The second kappa shape index (κ2) is 5.74. The molecule has 7 nitrogen and oxygen atoms in total. The first-order valence-corrected chi connectivity index (χ1v) is 7.99. The molecular weight excluding hydrogens is 306 g/mol. The maximum Gasteiger partial charge on any atom is 0.262 e. The van der Waals surface area contributed by atoms with Crippen LogP contribution < -0.4 is 14.8 Å². The lowest BCUT2D eigenvalue weighted by Crippen LogP contribution is -2.27. The second-order valence-electron chi connectivity index (χ2n) is 4.64. The van der Waals surface area contributed by atoms with Crippen LogP contribution in [0.2, 0.25) is 0 Å². The van der Waals surface area contributed by atoms with E-state index >= 15 is 0 Å². The third-order valence-electron chi connectivity index (χ3n) is 3.07. The van der Waals surface area contributed by atoms with Crippen LogP contribution in [0.4, 0.5) is 5.69 Å². The molecule has 0 fully saturated rings. The standard InChI is InChI=1S/C14H13N3O4S/c18-14-9-21-13-7-11(4-5-12(13)17-14)22(19,20)16-8-10-3-1-2-6-15-10/h1-7,16H,8-9H2,(H,17,18). The number of aromatic nitrogens is 1. The monoisotopic (exact) mass is 319 g/mol. The van der Waals surface area contributed by atoms with Gasteiger partial charge in [0.25, 0.3) is 5.91 Å². The van der Waals surface area contributed by atoms with Gasteiger partial charge in [-0.3, -0.25) is 9.78 Å². The summed E-state index contributed by atoms with van der Waals surface area (Å²) in [5.74, 6) is 0.0664. The average Bonchev–Trinajstić information content (AvgIpc) is 2.53. The summed E-state index contributed by atoms with van der Waals surface area (Å²) in [5.41, 5.74) is 1.08. The third kappa shape index (κ3) is 3.07. The molecule has 2 aromatic rings. The van der Waals surface area contributed by atoms with Gasteiger partial charge in [0.2, 0.25) is 10.0 Å². The SMILES string of the molecule is O=C1COc2cc(S(=O)(=O)NCc3ccccn3)ccc2N1. The van der Waals surface area contributed by atoms with Gasteiger partial charge < -0.3 is 10.1 Å². The molecule has 1 aromatic heterocycles. The zero-order valence-corrected chi connectivity index (χ0v) is 12.3. The van der Waals surface area contributed by atoms with Crippen molar-refractivity contribution in [2.24, 2.45) is 0 Å². The van der Waals surface area contributed by atoms with Crippen LogP contribution >= 0.6 is 0 Å². The molecule has 0 atom stereocenters. The van der Waals surface area contributed by atoms with Crippen LogP contribution in [0.25, 0.3) is 0 Å². The van der Waals surface area contributed by atoms with Crippen LogP contribution in [0.5, 0.6) is 5.75 Å². The number of hydrogen-bond acceptors (Lipinski definition) is 5. The normalized spacial score (nSPS) is 13.9. The number of nitrogens with one attached hydrogen (secondary N) is 2. The minimum atomic E-state index is -3.69. The summed E-state index contributed by atoms with van der Waals surface area (Å²) >= 11 is 0. The summed E-state index contributed by atoms with van der Waals surface area (Å²) < 4.78 is 32.2. The molecule has 1 amide bonds. The molecule has 0 saturated heterocycles. The molecule has 2 heterocycles. The number of sulfonamides is 1. The predicted molar refractivity (Wildman–Crippen MR) is 78.8 cm³/mol. The van der Waals surface area contributed by atoms with Crippen LogP contribution in [-0.4, -0.2) is 25.9 Å². The molecule has 1 aliphatic rings.